The molecular weight excluding hydrogens is 298 g/mol. The van der Waals surface area contributed by atoms with Gasteiger partial charge in [-0.2, -0.15) is 11.8 Å². The van der Waals surface area contributed by atoms with Crippen molar-refractivity contribution < 1.29 is 4.79 Å². The Kier molecular flexibility index (Phi) is 7.28. The highest BCUT2D eigenvalue weighted by Crippen LogP contribution is 2.15. The molecule has 2 amide bonds. The molecule has 0 aromatic carbocycles. The van der Waals surface area contributed by atoms with Crippen LogP contribution >= 0.6 is 11.8 Å². The molecule has 0 radical (unpaired) electrons. The van der Waals surface area contributed by atoms with Gasteiger partial charge < -0.3 is 15.5 Å². The molecule has 0 bridgehead atoms. The molecule has 7 heteroatoms. The molecule has 122 valence electrons. The minimum Gasteiger partial charge on any atom is -0.341 e. The van der Waals surface area contributed by atoms with E-state index in [4.69, 9.17) is 0 Å². The largest absolute Gasteiger partial charge is 0.341 e. The van der Waals surface area contributed by atoms with Gasteiger partial charge in [0, 0.05) is 38.1 Å². The van der Waals surface area contributed by atoms with Crippen molar-refractivity contribution in [3.63, 3.8) is 0 Å². The van der Waals surface area contributed by atoms with E-state index < -0.39 is 0 Å². The summed E-state index contributed by atoms with van der Waals surface area (Å²) < 4.78 is 0. The highest BCUT2D eigenvalue weighted by molar-refractivity contribution is 7.99. The molecule has 0 unspecified atom stereocenters. The molecule has 1 aliphatic heterocycles. The second-order valence-corrected chi connectivity index (χ2v) is 6.65. The Morgan fingerprint density at radius 2 is 2.09 bits per heavy atom. The quantitative estimate of drug-likeness (QED) is 0.750. The fraction of sp³-hybridized carbons (Fsp3) is 0.667. The fourth-order valence-electron chi connectivity index (χ4n) is 2.44. The SMILES string of the molecule is CCSCCCNC(=O)NC1CCN(c2ncccn2)CC1. The summed E-state index contributed by atoms with van der Waals surface area (Å²) in [4.78, 5) is 22.5. The maximum absolute atomic E-state index is 11.8. The summed E-state index contributed by atoms with van der Waals surface area (Å²) in [6.45, 7) is 4.65. The van der Waals surface area contributed by atoms with E-state index in [0.29, 0.717) is 0 Å². The van der Waals surface area contributed by atoms with Gasteiger partial charge in [-0.1, -0.05) is 6.92 Å². The maximum Gasteiger partial charge on any atom is 0.315 e. The predicted octanol–water partition coefficient (Wildman–Crippen LogP) is 1.89. The van der Waals surface area contributed by atoms with Gasteiger partial charge in [0.25, 0.3) is 0 Å². The van der Waals surface area contributed by atoms with Crippen molar-refractivity contribution in [2.75, 3.05) is 36.0 Å². The van der Waals surface area contributed by atoms with Crippen LogP contribution in [-0.4, -0.2) is 53.2 Å². The Labute approximate surface area is 136 Å². The first-order valence-corrected chi connectivity index (χ1v) is 9.09. The molecule has 2 heterocycles. The van der Waals surface area contributed by atoms with Crippen LogP contribution in [0.15, 0.2) is 18.5 Å². The highest BCUT2D eigenvalue weighted by Gasteiger charge is 2.21. The number of aromatic nitrogens is 2. The van der Waals surface area contributed by atoms with Gasteiger partial charge in [-0.05, 0) is 36.8 Å². The lowest BCUT2D eigenvalue weighted by Crippen LogP contribution is -2.48. The Bertz CT molecular complexity index is 437. The topological polar surface area (TPSA) is 70.2 Å². The molecule has 6 nitrogen and oxygen atoms in total. The Morgan fingerprint density at radius 3 is 2.77 bits per heavy atom. The van der Waals surface area contributed by atoms with E-state index in [1.165, 1.54) is 0 Å². The number of piperidine rings is 1. The molecule has 22 heavy (non-hydrogen) atoms. The molecule has 1 aromatic rings. The maximum atomic E-state index is 11.8. The summed E-state index contributed by atoms with van der Waals surface area (Å²) in [5, 5.41) is 5.99. The third-order valence-electron chi connectivity index (χ3n) is 3.62. The van der Waals surface area contributed by atoms with Crippen LogP contribution < -0.4 is 15.5 Å². The van der Waals surface area contributed by atoms with E-state index in [-0.39, 0.29) is 12.1 Å². The van der Waals surface area contributed by atoms with Gasteiger partial charge in [0.15, 0.2) is 0 Å². The van der Waals surface area contributed by atoms with E-state index in [1.807, 2.05) is 17.8 Å². The first-order chi connectivity index (χ1) is 10.8. The lowest BCUT2D eigenvalue weighted by atomic mass is 10.1. The summed E-state index contributed by atoms with van der Waals surface area (Å²) in [6.07, 6.45) is 6.40. The number of thioether (sulfide) groups is 1. The van der Waals surface area contributed by atoms with Crippen LogP contribution in [0.25, 0.3) is 0 Å². The van der Waals surface area contributed by atoms with Crippen LogP contribution in [0, 0.1) is 0 Å². The van der Waals surface area contributed by atoms with E-state index >= 15 is 0 Å². The minimum atomic E-state index is -0.0455. The van der Waals surface area contributed by atoms with Crippen molar-refractivity contribution in [1.82, 2.24) is 20.6 Å². The summed E-state index contributed by atoms with van der Waals surface area (Å²) >= 11 is 1.90. The number of carbonyl (C=O) groups is 1. The highest BCUT2D eigenvalue weighted by atomic mass is 32.2. The summed E-state index contributed by atoms with van der Waals surface area (Å²) in [5.74, 6) is 3.01. The zero-order valence-corrected chi connectivity index (χ0v) is 13.9. The van der Waals surface area contributed by atoms with Crippen LogP contribution in [0.5, 0.6) is 0 Å². The molecule has 0 saturated carbocycles. The van der Waals surface area contributed by atoms with Crippen molar-refractivity contribution in [2.45, 2.75) is 32.2 Å². The van der Waals surface area contributed by atoms with Crippen LogP contribution in [0.4, 0.5) is 10.7 Å². The van der Waals surface area contributed by atoms with Gasteiger partial charge in [-0.3, -0.25) is 0 Å². The molecule has 0 spiro atoms. The number of urea groups is 1. The first-order valence-electron chi connectivity index (χ1n) is 7.93. The van der Waals surface area contributed by atoms with E-state index in [9.17, 15) is 4.79 Å². The number of nitrogens with zero attached hydrogens (tertiary/aromatic N) is 3. The average molecular weight is 323 g/mol. The molecular formula is C15H25N5OS. The van der Waals surface area contributed by atoms with Gasteiger partial charge in [0.2, 0.25) is 5.95 Å². The lowest BCUT2D eigenvalue weighted by Gasteiger charge is -2.32. The number of hydrogen-bond acceptors (Lipinski definition) is 5. The molecule has 0 aliphatic carbocycles. The molecule has 2 N–H and O–H groups in total. The molecule has 1 fully saturated rings. The van der Waals surface area contributed by atoms with E-state index in [1.54, 1.807) is 12.4 Å². The number of amides is 2. The van der Waals surface area contributed by atoms with E-state index in [0.717, 1.165) is 56.4 Å². The fourth-order valence-corrected chi connectivity index (χ4v) is 3.07. The third kappa shape index (κ3) is 5.71. The minimum absolute atomic E-state index is 0.0455. The zero-order chi connectivity index (χ0) is 15.6. The van der Waals surface area contributed by atoms with Crippen molar-refractivity contribution in [3.8, 4) is 0 Å². The van der Waals surface area contributed by atoms with Crippen LogP contribution in [0.1, 0.15) is 26.2 Å². The van der Waals surface area contributed by atoms with Gasteiger partial charge >= 0.3 is 6.03 Å². The lowest BCUT2D eigenvalue weighted by molar-refractivity contribution is 0.234. The van der Waals surface area contributed by atoms with Crippen molar-refractivity contribution in [3.05, 3.63) is 18.5 Å². The average Bonchev–Trinajstić information content (AvgIpc) is 2.56. The standard InChI is InChI=1S/C15H25N5OS/c1-2-22-12-4-9-18-15(21)19-13-5-10-20(11-6-13)14-16-7-3-8-17-14/h3,7-8,13H,2,4-6,9-12H2,1H3,(H2,18,19,21). The second kappa shape index (κ2) is 9.50. The number of hydrogen-bond donors (Lipinski definition) is 2. The Hall–Kier alpha value is -1.50. The summed E-state index contributed by atoms with van der Waals surface area (Å²) in [5.41, 5.74) is 0. The van der Waals surface area contributed by atoms with Gasteiger partial charge in [-0.15, -0.1) is 0 Å². The first kappa shape index (κ1) is 16.9. The number of anilines is 1. The van der Waals surface area contributed by atoms with Gasteiger partial charge in [0.05, 0.1) is 0 Å². The smallest absolute Gasteiger partial charge is 0.315 e. The monoisotopic (exact) mass is 323 g/mol. The van der Waals surface area contributed by atoms with Crippen molar-refractivity contribution >= 4 is 23.7 Å². The van der Waals surface area contributed by atoms with Crippen LogP contribution in [-0.2, 0) is 0 Å². The van der Waals surface area contributed by atoms with Crippen molar-refractivity contribution in [2.24, 2.45) is 0 Å². The van der Waals surface area contributed by atoms with Crippen molar-refractivity contribution in [1.29, 1.82) is 0 Å². The molecule has 1 saturated heterocycles. The summed E-state index contributed by atoms with van der Waals surface area (Å²) in [7, 11) is 0. The third-order valence-corrected chi connectivity index (χ3v) is 4.61. The predicted molar refractivity (Wildman–Crippen MR) is 91.4 cm³/mol. The number of carbonyl (C=O) groups excluding carboxylic acids is 1. The number of nitrogens with one attached hydrogen (secondary N) is 2. The molecule has 1 aliphatic rings. The molecule has 2 rings (SSSR count). The number of rotatable bonds is 7. The Balaban J connectivity index is 1.62. The second-order valence-electron chi connectivity index (χ2n) is 5.26. The summed E-state index contributed by atoms with van der Waals surface area (Å²) in [6, 6.07) is 2.02. The zero-order valence-electron chi connectivity index (χ0n) is 13.1. The van der Waals surface area contributed by atoms with E-state index in [2.05, 4.69) is 32.4 Å². The Morgan fingerprint density at radius 1 is 1.36 bits per heavy atom. The van der Waals surface area contributed by atoms with Gasteiger partial charge in [0.1, 0.15) is 0 Å². The van der Waals surface area contributed by atoms with Crippen LogP contribution in [0.2, 0.25) is 0 Å². The normalized spacial score (nSPS) is 15.6. The van der Waals surface area contributed by atoms with Gasteiger partial charge in [-0.25, -0.2) is 14.8 Å². The van der Waals surface area contributed by atoms with Crippen LogP contribution in [0.3, 0.4) is 0 Å². The molecule has 1 aromatic heterocycles. The molecule has 0 atom stereocenters.